The van der Waals surface area contributed by atoms with Crippen LogP contribution in [0, 0.1) is 13.8 Å². The van der Waals surface area contributed by atoms with E-state index >= 15 is 0 Å². The van der Waals surface area contributed by atoms with Gasteiger partial charge in [-0.25, -0.2) is 0 Å². The fourth-order valence-electron chi connectivity index (χ4n) is 3.57. The summed E-state index contributed by atoms with van der Waals surface area (Å²) in [6, 6.07) is 5.52. The van der Waals surface area contributed by atoms with Gasteiger partial charge in [0.2, 0.25) is 5.91 Å². The summed E-state index contributed by atoms with van der Waals surface area (Å²) in [6.45, 7) is 10.9. The van der Waals surface area contributed by atoms with Crippen LogP contribution in [0.3, 0.4) is 0 Å². The number of benzene rings is 1. The van der Waals surface area contributed by atoms with Crippen molar-refractivity contribution in [2.24, 2.45) is 0 Å². The van der Waals surface area contributed by atoms with E-state index in [1.165, 1.54) is 0 Å². The average Bonchev–Trinajstić information content (AvgIpc) is 2.53. The van der Waals surface area contributed by atoms with Crippen LogP contribution in [0.1, 0.15) is 30.7 Å². The van der Waals surface area contributed by atoms with Gasteiger partial charge in [0.25, 0.3) is 0 Å². The molecule has 0 bridgehead atoms. The zero-order chi connectivity index (χ0) is 17.4. The monoisotopic (exact) mass is 327 g/mol. The van der Waals surface area contributed by atoms with Crippen LogP contribution in [0.15, 0.2) is 23.0 Å². The van der Waals surface area contributed by atoms with Crippen molar-refractivity contribution in [1.82, 2.24) is 14.8 Å². The molecule has 0 saturated carbocycles. The summed E-state index contributed by atoms with van der Waals surface area (Å²) in [4.78, 5) is 32.2. The van der Waals surface area contributed by atoms with Gasteiger partial charge in [-0.1, -0.05) is 6.07 Å². The average molecular weight is 327 g/mol. The molecule has 1 amide bonds. The summed E-state index contributed by atoms with van der Waals surface area (Å²) in [5, 5.41) is 0.733. The van der Waals surface area contributed by atoms with Gasteiger partial charge in [0, 0.05) is 43.3 Å². The lowest BCUT2D eigenvalue weighted by molar-refractivity contribution is -0.141. The predicted molar refractivity (Wildman–Crippen MR) is 96.2 cm³/mol. The molecule has 0 spiro atoms. The highest BCUT2D eigenvalue weighted by Gasteiger charge is 2.30. The normalized spacial score (nSPS) is 19.2. The molecule has 1 atom stereocenters. The second-order valence-corrected chi connectivity index (χ2v) is 6.73. The van der Waals surface area contributed by atoms with E-state index in [0.29, 0.717) is 6.54 Å². The lowest BCUT2D eigenvalue weighted by atomic mass is 10.1. The van der Waals surface area contributed by atoms with E-state index < -0.39 is 0 Å². The number of amides is 1. The van der Waals surface area contributed by atoms with Crippen LogP contribution >= 0.6 is 0 Å². The lowest BCUT2D eigenvalue weighted by Crippen LogP contribution is -2.55. The largest absolute Gasteiger partial charge is 0.357 e. The molecule has 1 aliphatic rings. The number of hydrogen-bond acceptors (Lipinski definition) is 3. The summed E-state index contributed by atoms with van der Waals surface area (Å²) in [7, 11) is 0. The summed E-state index contributed by atoms with van der Waals surface area (Å²) in [5.41, 5.74) is 3.96. The van der Waals surface area contributed by atoms with Gasteiger partial charge in [0.15, 0.2) is 5.43 Å². The molecule has 0 aliphatic carbocycles. The summed E-state index contributed by atoms with van der Waals surface area (Å²) in [6.07, 6.45) is 0. The van der Waals surface area contributed by atoms with Crippen LogP contribution in [-0.2, 0) is 11.3 Å². The van der Waals surface area contributed by atoms with Gasteiger partial charge >= 0.3 is 0 Å². The number of hydrogen-bond donors (Lipinski definition) is 1. The number of rotatable bonds is 3. The first kappa shape index (κ1) is 16.7. The number of piperazine rings is 1. The second kappa shape index (κ2) is 6.40. The summed E-state index contributed by atoms with van der Waals surface area (Å²) < 4.78 is 0. The first-order valence-corrected chi connectivity index (χ1v) is 8.56. The molecule has 2 aromatic rings. The molecule has 5 heteroatoms. The van der Waals surface area contributed by atoms with Gasteiger partial charge in [0.05, 0.1) is 11.6 Å². The van der Waals surface area contributed by atoms with Crippen LogP contribution in [0.5, 0.6) is 0 Å². The number of likely N-dealkylation sites (N-methyl/N-ethyl adjacent to an activating group) is 1. The number of fused-ring (bicyclic) bond motifs is 1. The van der Waals surface area contributed by atoms with Crippen molar-refractivity contribution >= 4 is 16.8 Å². The number of carbonyl (C=O) groups excluding carboxylic acids is 1. The van der Waals surface area contributed by atoms with Crippen molar-refractivity contribution in [3.05, 3.63) is 45.2 Å². The van der Waals surface area contributed by atoms with E-state index in [0.717, 1.165) is 47.4 Å². The fraction of sp³-hybridized carbons (Fsp3) is 0.474. The predicted octanol–water partition coefficient (Wildman–Crippen LogP) is 2.20. The van der Waals surface area contributed by atoms with Gasteiger partial charge in [-0.2, -0.15) is 0 Å². The first-order chi connectivity index (χ1) is 11.4. The molecule has 1 fully saturated rings. The van der Waals surface area contributed by atoms with Crippen molar-refractivity contribution in [2.45, 2.75) is 40.3 Å². The third kappa shape index (κ3) is 2.96. The molecule has 2 heterocycles. The van der Waals surface area contributed by atoms with Crippen molar-refractivity contribution in [1.29, 1.82) is 0 Å². The van der Waals surface area contributed by atoms with Crippen LogP contribution in [-0.4, -0.2) is 46.4 Å². The van der Waals surface area contributed by atoms with E-state index in [9.17, 15) is 9.59 Å². The molecule has 1 aromatic heterocycles. The Morgan fingerprint density at radius 2 is 1.92 bits per heavy atom. The van der Waals surface area contributed by atoms with Gasteiger partial charge in [-0.05, 0) is 44.9 Å². The number of pyridine rings is 1. The molecule has 1 aromatic carbocycles. The number of aryl methyl sites for hydroxylation is 2. The van der Waals surface area contributed by atoms with Crippen LogP contribution in [0.2, 0.25) is 0 Å². The zero-order valence-corrected chi connectivity index (χ0v) is 14.8. The SMILES string of the molecule is CCN1CCN(Cc2cc(=O)c3cc(C)cc(C)c3[nH]2)[C@H](C)C1=O. The van der Waals surface area contributed by atoms with Gasteiger partial charge < -0.3 is 9.88 Å². The Kier molecular flexibility index (Phi) is 4.45. The highest BCUT2D eigenvalue weighted by atomic mass is 16.2. The highest BCUT2D eigenvalue weighted by molar-refractivity contribution is 5.83. The molecular formula is C19H25N3O2. The third-order valence-electron chi connectivity index (χ3n) is 4.97. The highest BCUT2D eigenvalue weighted by Crippen LogP contribution is 2.18. The number of nitrogens with zero attached hydrogens (tertiary/aromatic N) is 2. The molecule has 1 N–H and O–H groups in total. The molecule has 0 radical (unpaired) electrons. The van der Waals surface area contributed by atoms with Crippen molar-refractivity contribution in [2.75, 3.05) is 19.6 Å². The Balaban J connectivity index is 1.91. The molecule has 128 valence electrons. The van der Waals surface area contributed by atoms with Crippen molar-refractivity contribution in [3.63, 3.8) is 0 Å². The summed E-state index contributed by atoms with van der Waals surface area (Å²) >= 11 is 0. The number of H-pyrrole nitrogens is 1. The number of carbonyl (C=O) groups is 1. The minimum Gasteiger partial charge on any atom is -0.357 e. The molecular weight excluding hydrogens is 302 g/mol. The molecule has 3 rings (SSSR count). The number of aromatic amines is 1. The Labute approximate surface area is 142 Å². The maximum absolute atomic E-state index is 12.5. The number of nitrogens with one attached hydrogen (secondary N) is 1. The third-order valence-corrected chi connectivity index (χ3v) is 4.97. The minimum atomic E-state index is -0.156. The minimum absolute atomic E-state index is 0.0386. The number of aromatic nitrogens is 1. The van der Waals surface area contributed by atoms with Crippen molar-refractivity contribution < 1.29 is 4.79 Å². The van der Waals surface area contributed by atoms with Crippen molar-refractivity contribution in [3.8, 4) is 0 Å². The first-order valence-electron chi connectivity index (χ1n) is 8.56. The molecule has 1 aliphatic heterocycles. The van der Waals surface area contributed by atoms with E-state index in [2.05, 4.69) is 16.0 Å². The van der Waals surface area contributed by atoms with Gasteiger partial charge in [0.1, 0.15) is 0 Å². The van der Waals surface area contributed by atoms with Crippen LogP contribution in [0.4, 0.5) is 0 Å². The second-order valence-electron chi connectivity index (χ2n) is 6.73. The molecule has 24 heavy (non-hydrogen) atoms. The molecule has 0 unspecified atom stereocenters. The Morgan fingerprint density at radius 1 is 1.17 bits per heavy atom. The topological polar surface area (TPSA) is 56.4 Å². The Hall–Kier alpha value is -2.14. The molecule has 1 saturated heterocycles. The smallest absolute Gasteiger partial charge is 0.239 e. The fourth-order valence-corrected chi connectivity index (χ4v) is 3.57. The maximum Gasteiger partial charge on any atom is 0.239 e. The summed E-state index contributed by atoms with van der Waals surface area (Å²) in [5.74, 6) is 0.165. The quantitative estimate of drug-likeness (QED) is 0.940. The van der Waals surface area contributed by atoms with Crippen LogP contribution in [0.25, 0.3) is 10.9 Å². The van der Waals surface area contributed by atoms with Crippen LogP contribution < -0.4 is 5.43 Å². The van der Waals surface area contributed by atoms with E-state index in [1.54, 1.807) is 6.07 Å². The Morgan fingerprint density at radius 3 is 2.62 bits per heavy atom. The maximum atomic E-state index is 12.5. The van der Waals surface area contributed by atoms with E-state index in [4.69, 9.17) is 0 Å². The zero-order valence-electron chi connectivity index (χ0n) is 14.8. The molecule has 5 nitrogen and oxygen atoms in total. The Bertz CT molecular complexity index is 840. The standard InChI is InChI=1S/C19H25N3O2/c1-5-21-6-7-22(14(4)19(21)24)11-15-10-17(23)16-9-12(2)8-13(3)18(16)20-15/h8-10,14H,5-7,11H2,1-4H3,(H,20,23)/t14-/m1/s1. The van der Waals surface area contributed by atoms with Gasteiger partial charge in [-0.15, -0.1) is 0 Å². The van der Waals surface area contributed by atoms with Gasteiger partial charge in [-0.3, -0.25) is 14.5 Å². The van der Waals surface area contributed by atoms with E-state index in [1.807, 2.05) is 38.7 Å². The van der Waals surface area contributed by atoms with E-state index in [-0.39, 0.29) is 17.4 Å². The lowest BCUT2D eigenvalue weighted by Gasteiger charge is -2.38.